The molecular formula is C22H26N4O3. The molecule has 1 heterocycles. The fourth-order valence-electron chi connectivity index (χ4n) is 3.10. The van der Waals surface area contributed by atoms with E-state index in [0.717, 1.165) is 23.0 Å². The number of carbonyl (C=O) groups is 2. The van der Waals surface area contributed by atoms with Crippen molar-refractivity contribution < 1.29 is 14.3 Å². The van der Waals surface area contributed by atoms with Gasteiger partial charge in [-0.2, -0.15) is 0 Å². The Morgan fingerprint density at radius 3 is 2.69 bits per heavy atom. The van der Waals surface area contributed by atoms with Gasteiger partial charge in [0.15, 0.2) is 0 Å². The van der Waals surface area contributed by atoms with Gasteiger partial charge in [0.25, 0.3) is 0 Å². The van der Waals surface area contributed by atoms with E-state index >= 15 is 0 Å². The summed E-state index contributed by atoms with van der Waals surface area (Å²) in [5, 5.41) is 5.67. The van der Waals surface area contributed by atoms with Gasteiger partial charge < -0.3 is 15.0 Å². The summed E-state index contributed by atoms with van der Waals surface area (Å²) >= 11 is 0. The van der Waals surface area contributed by atoms with Gasteiger partial charge in [-0.05, 0) is 35.7 Å². The quantitative estimate of drug-likeness (QED) is 0.546. The zero-order valence-corrected chi connectivity index (χ0v) is 16.9. The first-order valence-corrected chi connectivity index (χ1v) is 9.68. The Labute approximate surface area is 169 Å². The fraction of sp³-hybridized carbons (Fsp3) is 0.318. The molecule has 0 aliphatic carbocycles. The number of aromatic amines is 1. The fourth-order valence-corrected chi connectivity index (χ4v) is 3.10. The normalized spacial score (nSPS) is 12.9. The third-order valence-electron chi connectivity index (χ3n) is 4.94. The smallest absolute Gasteiger partial charge is 0.249 e. The van der Waals surface area contributed by atoms with E-state index in [9.17, 15) is 9.59 Å². The number of para-hydroxylation sites is 2. The lowest BCUT2D eigenvalue weighted by atomic mass is 9.98. The summed E-state index contributed by atoms with van der Waals surface area (Å²) in [4.78, 5) is 32.9. The monoisotopic (exact) mass is 394 g/mol. The van der Waals surface area contributed by atoms with Crippen LogP contribution in [0.15, 0.2) is 48.5 Å². The van der Waals surface area contributed by atoms with E-state index in [1.807, 2.05) is 62.4 Å². The average Bonchev–Trinajstić information content (AvgIpc) is 3.13. The van der Waals surface area contributed by atoms with Crippen LogP contribution in [0.5, 0.6) is 5.75 Å². The molecule has 2 amide bonds. The summed E-state index contributed by atoms with van der Waals surface area (Å²) in [6, 6.07) is 14.2. The van der Waals surface area contributed by atoms with Crippen LogP contribution in [0, 0.1) is 5.92 Å². The number of fused-ring (bicyclic) bond motifs is 1. The van der Waals surface area contributed by atoms with Gasteiger partial charge in [0.2, 0.25) is 17.8 Å². The maximum absolute atomic E-state index is 12.9. The van der Waals surface area contributed by atoms with Gasteiger partial charge in [-0.1, -0.05) is 44.5 Å². The maximum Gasteiger partial charge on any atom is 0.249 e. The molecule has 29 heavy (non-hydrogen) atoms. The number of hydrogen-bond acceptors (Lipinski definition) is 4. The molecule has 7 heteroatoms. The van der Waals surface area contributed by atoms with Crippen LogP contribution >= 0.6 is 0 Å². The van der Waals surface area contributed by atoms with Crippen LogP contribution in [-0.2, 0) is 16.0 Å². The minimum atomic E-state index is -0.661. The number of H-pyrrole nitrogens is 1. The molecule has 0 bridgehead atoms. The molecule has 2 aromatic carbocycles. The van der Waals surface area contributed by atoms with E-state index < -0.39 is 6.04 Å². The highest BCUT2D eigenvalue weighted by Crippen LogP contribution is 2.16. The van der Waals surface area contributed by atoms with Gasteiger partial charge in [-0.3, -0.25) is 14.9 Å². The predicted molar refractivity (Wildman–Crippen MR) is 113 cm³/mol. The second-order valence-corrected chi connectivity index (χ2v) is 7.05. The number of rotatable bonds is 8. The number of amides is 2. The van der Waals surface area contributed by atoms with E-state index in [0.29, 0.717) is 11.7 Å². The van der Waals surface area contributed by atoms with Gasteiger partial charge in [-0.15, -0.1) is 0 Å². The van der Waals surface area contributed by atoms with Crippen molar-refractivity contribution >= 4 is 28.8 Å². The number of ether oxygens (including phenoxy) is 1. The van der Waals surface area contributed by atoms with Crippen LogP contribution in [0.25, 0.3) is 11.0 Å². The number of aromatic nitrogens is 2. The molecule has 0 aliphatic rings. The third kappa shape index (κ3) is 5.13. The molecule has 3 N–H and O–H groups in total. The third-order valence-corrected chi connectivity index (χ3v) is 4.94. The number of nitrogens with one attached hydrogen (secondary N) is 3. The Morgan fingerprint density at radius 2 is 1.97 bits per heavy atom. The van der Waals surface area contributed by atoms with Crippen molar-refractivity contribution in [3.63, 3.8) is 0 Å². The molecule has 0 saturated carbocycles. The van der Waals surface area contributed by atoms with Crippen molar-refractivity contribution in [3.8, 4) is 5.75 Å². The van der Waals surface area contributed by atoms with Crippen molar-refractivity contribution in [1.82, 2.24) is 15.3 Å². The molecule has 152 valence electrons. The highest BCUT2D eigenvalue weighted by Gasteiger charge is 2.26. The number of anilines is 1. The number of hydrogen-bond donors (Lipinski definition) is 3. The van der Waals surface area contributed by atoms with Gasteiger partial charge in [0, 0.05) is 0 Å². The molecule has 3 rings (SSSR count). The molecule has 0 unspecified atom stereocenters. The van der Waals surface area contributed by atoms with Crippen molar-refractivity contribution in [2.45, 2.75) is 32.7 Å². The molecule has 1 aromatic heterocycles. The van der Waals surface area contributed by atoms with Crippen molar-refractivity contribution in [1.29, 1.82) is 0 Å². The number of carbonyl (C=O) groups excluding carboxylic acids is 2. The lowest BCUT2D eigenvalue weighted by molar-refractivity contribution is -0.127. The summed E-state index contributed by atoms with van der Waals surface area (Å²) in [6.45, 7) is 3.93. The summed E-state index contributed by atoms with van der Waals surface area (Å²) < 4.78 is 5.20. The molecular weight excluding hydrogens is 368 g/mol. The Morgan fingerprint density at radius 1 is 1.17 bits per heavy atom. The Balaban J connectivity index is 1.69. The van der Waals surface area contributed by atoms with E-state index in [1.165, 1.54) is 0 Å². The number of imidazole rings is 1. The lowest BCUT2D eigenvalue weighted by Crippen LogP contribution is -2.48. The van der Waals surface area contributed by atoms with Gasteiger partial charge >= 0.3 is 0 Å². The van der Waals surface area contributed by atoms with Crippen molar-refractivity contribution in [3.05, 3.63) is 54.1 Å². The van der Waals surface area contributed by atoms with Crippen LogP contribution in [-0.4, -0.2) is 34.9 Å². The molecule has 3 aromatic rings. The molecule has 7 nitrogen and oxygen atoms in total. The Hall–Kier alpha value is -3.35. The Bertz CT molecular complexity index is 965. The SMILES string of the molecule is CC[C@H](C)[C@@H](NC(=O)Cc1cccc(OC)c1)C(=O)Nc1nc2ccccc2[nH]1. The van der Waals surface area contributed by atoms with Gasteiger partial charge in [0.1, 0.15) is 11.8 Å². The first-order chi connectivity index (χ1) is 14.0. The highest BCUT2D eigenvalue weighted by molar-refractivity contribution is 5.97. The number of benzene rings is 2. The van der Waals surface area contributed by atoms with E-state index in [1.54, 1.807) is 7.11 Å². The predicted octanol–water partition coefficient (Wildman–Crippen LogP) is 3.28. The molecule has 0 saturated heterocycles. The van der Waals surface area contributed by atoms with Crippen molar-refractivity contribution in [2.75, 3.05) is 12.4 Å². The standard InChI is InChI=1S/C22H26N4O3/c1-4-14(2)20(25-19(27)13-15-8-7-9-16(12-15)29-3)21(28)26-22-23-17-10-5-6-11-18(17)24-22/h5-12,14,20H,4,13H2,1-3H3,(H,25,27)(H2,23,24,26,28)/t14-,20+/m0/s1. The van der Waals surface area contributed by atoms with Gasteiger partial charge in [-0.25, -0.2) is 4.98 Å². The molecule has 0 radical (unpaired) electrons. The summed E-state index contributed by atoms with van der Waals surface area (Å²) in [6.07, 6.45) is 0.916. The zero-order valence-electron chi connectivity index (χ0n) is 16.9. The molecule has 0 spiro atoms. The minimum Gasteiger partial charge on any atom is -0.497 e. The number of nitrogens with zero attached hydrogens (tertiary/aromatic N) is 1. The minimum absolute atomic E-state index is 0.0337. The first kappa shape index (κ1) is 20.4. The molecule has 0 fully saturated rings. The zero-order chi connectivity index (χ0) is 20.8. The van der Waals surface area contributed by atoms with Gasteiger partial charge in [0.05, 0.1) is 24.6 Å². The second-order valence-electron chi connectivity index (χ2n) is 7.05. The molecule has 2 atom stereocenters. The average molecular weight is 394 g/mol. The summed E-state index contributed by atoms with van der Waals surface area (Å²) in [5.41, 5.74) is 2.43. The van der Waals surface area contributed by atoms with Crippen LogP contribution in [0.1, 0.15) is 25.8 Å². The molecule has 0 aliphatic heterocycles. The number of methoxy groups -OCH3 is 1. The van der Waals surface area contributed by atoms with Crippen LogP contribution in [0.4, 0.5) is 5.95 Å². The highest BCUT2D eigenvalue weighted by atomic mass is 16.5. The Kier molecular flexibility index (Phi) is 6.49. The largest absolute Gasteiger partial charge is 0.497 e. The van der Waals surface area contributed by atoms with Crippen LogP contribution in [0.2, 0.25) is 0 Å². The van der Waals surface area contributed by atoms with Crippen molar-refractivity contribution in [2.24, 2.45) is 5.92 Å². The summed E-state index contributed by atoms with van der Waals surface area (Å²) in [5.74, 6) is 0.511. The van der Waals surface area contributed by atoms with E-state index in [4.69, 9.17) is 4.74 Å². The summed E-state index contributed by atoms with van der Waals surface area (Å²) in [7, 11) is 1.58. The van der Waals surface area contributed by atoms with Crippen LogP contribution in [0.3, 0.4) is 0 Å². The van der Waals surface area contributed by atoms with Crippen LogP contribution < -0.4 is 15.4 Å². The lowest BCUT2D eigenvalue weighted by Gasteiger charge is -2.23. The van der Waals surface area contributed by atoms with E-state index in [-0.39, 0.29) is 24.2 Å². The van der Waals surface area contributed by atoms with E-state index in [2.05, 4.69) is 20.6 Å². The maximum atomic E-state index is 12.9. The second kappa shape index (κ2) is 9.23. The first-order valence-electron chi connectivity index (χ1n) is 9.68. The topological polar surface area (TPSA) is 96.1 Å².